The monoisotopic (exact) mass is 245 g/mol. The third-order valence-electron chi connectivity index (χ3n) is 2.49. The van der Waals surface area contributed by atoms with Crippen LogP contribution in [0.4, 0.5) is 11.6 Å². The second-order valence-electron chi connectivity index (χ2n) is 4.20. The van der Waals surface area contributed by atoms with Crippen LogP contribution in [0.25, 0.3) is 0 Å². The molecule has 0 bridgehead atoms. The molecule has 2 aromatic rings. The minimum absolute atomic E-state index is 0.280. The van der Waals surface area contributed by atoms with E-state index >= 15 is 0 Å². The number of hydrogen-bond donors (Lipinski definition) is 1. The third kappa shape index (κ3) is 2.04. The molecule has 0 amide bonds. The van der Waals surface area contributed by atoms with Crippen molar-refractivity contribution in [3.63, 3.8) is 0 Å². The molecule has 2 N–H and O–H groups in total. The molecule has 0 aliphatic heterocycles. The number of aryl methyl sites for hydroxylation is 1. The van der Waals surface area contributed by atoms with Crippen LogP contribution >= 0.6 is 0 Å². The van der Waals surface area contributed by atoms with Crippen LogP contribution in [-0.4, -0.2) is 34.8 Å². The lowest BCUT2D eigenvalue weighted by Gasteiger charge is -2.14. The largest absolute Gasteiger partial charge is 0.383 e. The number of nitrogens with zero attached hydrogens (tertiary/aromatic N) is 4. The zero-order valence-corrected chi connectivity index (χ0v) is 10.6. The molecule has 0 radical (unpaired) electrons. The summed E-state index contributed by atoms with van der Waals surface area (Å²) in [5, 5.41) is 4.08. The molecule has 6 nitrogen and oxygen atoms in total. The average molecular weight is 245 g/mol. The first-order chi connectivity index (χ1) is 8.50. The van der Waals surface area contributed by atoms with Gasteiger partial charge in [-0.05, 0) is 19.1 Å². The van der Waals surface area contributed by atoms with Gasteiger partial charge in [-0.15, -0.1) is 0 Å². The fourth-order valence-electron chi connectivity index (χ4n) is 1.72. The third-order valence-corrected chi connectivity index (χ3v) is 2.49. The van der Waals surface area contributed by atoms with E-state index in [0.29, 0.717) is 22.9 Å². The lowest BCUT2D eigenvalue weighted by Crippen LogP contribution is -2.21. The molecule has 0 unspecified atom stereocenters. The second kappa shape index (κ2) is 4.48. The van der Waals surface area contributed by atoms with E-state index in [1.807, 2.05) is 14.1 Å². The highest BCUT2D eigenvalue weighted by Gasteiger charge is 2.18. The maximum atomic E-state index is 12.4. The van der Waals surface area contributed by atoms with Crippen LogP contribution in [0.15, 0.2) is 24.4 Å². The molecule has 94 valence electrons. The topological polar surface area (TPSA) is 77.0 Å². The highest BCUT2D eigenvalue weighted by molar-refractivity contribution is 6.01. The number of pyridine rings is 1. The molecule has 0 spiro atoms. The van der Waals surface area contributed by atoms with E-state index in [1.54, 1.807) is 36.2 Å². The van der Waals surface area contributed by atoms with E-state index in [-0.39, 0.29) is 5.91 Å². The molecule has 0 aliphatic carbocycles. The van der Waals surface area contributed by atoms with E-state index in [0.717, 1.165) is 0 Å². The van der Waals surface area contributed by atoms with Crippen LogP contribution in [0.2, 0.25) is 0 Å². The van der Waals surface area contributed by atoms with Crippen LogP contribution in [-0.2, 0) is 0 Å². The predicted molar refractivity (Wildman–Crippen MR) is 69.7 cm³/mol. The van der Waals surface area contributed by atoms with Crippen LogP contribution < -0.4 is 10.6 Å². The van der Waals surface area contributed by atoms with Crippen LogP contribution in [0.3, 0.4) is 0 Å². The summed E-state index contributed by atoms with van der Waals surface area (Å²) in [5.74, 6) is 0.638. The van der Waals surface area contributed by atoms with Gasteiger partial charge in [0.05, 0.1) is 11.3 Å². The molecule has 0 saturated carbocycles. The summed E-state index contributed by atoms with van der Waals surface area (Å²) in [5.41, 5.74) is 6.93. The molecule has 2 rings (SSSR count). The van der Waals surface area contributed by atoms with Crippen molar-refractivity contribution in [2.24, 2.45) is 0 Å². The first-order valence-corrected chi connectivity index (χ1v) is 5.50. The van der Waals surface area contributed by atoms with Gasteiger partial charge in [-0.1, -0.05) is 0 Å². The number of aromatic nitrogens is 3. The van der Waals surface area contributed by atoms with E-state index in [4.69, 9.17) is 5.73 Å². The first kappa shape index (κ1) is 12.1. The highest BCUT2D eigenvalue weighted by Crippen LogP contribution is 2.17. The van der Waals surface area contributed by atoms with Crippen molar-refractivity contribution in [1.29, 1.82) is 0 Å². The Morgan fingerprint density at radius 1 is 1.44 bits per heavy atom. The fraction of sp³-hybridized carbons (Fsp3) is 0.250. The van der Waals surface area contributed by atoms with Gasteiger partial charge in [-0.2, -0.15) is 9.78 Å². The van der Waals surface area contributed by atoms with Crippen LogP contribution in [0, 0.1) is 6.92 Å². The minimum atomic E-state index is -0.280. The molecular formula is C12H15N5O. The zero-order chi connectivity index (χ0) is 13.3. The standard InChI is InChI=1S/C12H15N5O/c1-8-7-10(13)17(15-8)12(18)9-5-4-6-14-11(9)16(2)3/h4-7H,13H2,1-3H3. The number of nitrogen functional groups attached to an aromatic ring is 1. The smallest absolute Gasteiger partial charge is 0.283 e. The van der Waals surface area contributed by atoms with Crippen molar-refractivity contribution >= 4 is 17.5 Å². The lowest BCUT2D eigenvalue weighted by molar-refractivity contribution is 0.0948. The maximum Gasteiger partial charge on any atom is 0.283 e. The van der Waals surface area contributed by atoms with Gasteiger partial charge in [0.25, 0.3) is 5.91 Å². The van der Waals surface area contributed by atoms with Gasteiger partial charge in [0.2, 0.25) is 0 Å². The Morgan fingerprint density at radius 3 is 2.72 bits per heavy atom. The van der Waals surface area contributed by atoms with Crippen LogP contribution in [0.5, 0.6) is 0 Å². The normalized spacial score (nSPS) is 10.4. The number of anilines is 2. The van der Waals surface area contributed by atoms with Gasteiger partial charge in [0, 0.05) is 26.4 Å². The Morgan fingerprint density at radius 2 is 2.17 bits per heavy atom. The quantitative estimate of drug-likeness (QED) is 0.851. The average Bonchev–Trinajstić information content (AvgIpc) is 2.67. The molecular weight excluding hydrogens is 230 g/mol. The Hall–Kier alpha value is -2.37. The van der Waals surface area contributed by atoms with E-state index in [2.05, 4.69) is 10.1 Å². The Bertz CT molecular complexity index is 588. The summed E-state index contributed by atoms with van der Waals surface area (Å²) in [7, 11) is 3.66. The minimum Gasteiger partial charge on any atom is -0.383 e. The summed E-state index contributed by atoms with van der Waals surface area (Å²) >= 11 is 0. The molecule has 2 heterocycles. The van der Waals surface area contributed by atoms with Crippen molar-refractivity contribution in [3.05, 3.63) is 35.7 Å². The summed E-state index contributed by atoms with van der Waals surface area (Å²) in [6, 6.07) is 5.08. The van der Waals surface area contributed by atoms with Gasteiger partial charge in [-0.3, -0.25) is 4.79 Å². The zero-order valence-electron chi connectivity index (χ0n) is 10.6. The Balaban J connectivity index is 2.49. The molecule has 18 heavy (non-hydrogen) atoms. The first-order valence-electron chi connectivity index (χ1n) is 5.50. The Kier molecular flexibility index (Phi) is 3.01. The van der Waals surface area contributed by atoms with Crippen molar-refractivity contribution in [1.82, 2.24) is 14.8 Å². The van der Waals surface area contributed by atoms with E-state index in [1.165, 1.54) is 4.68 Å². The van der Waals surface area contributed by atoms with Crippen molar-refractivity contribution in [2.75, 3.05) is 24.7 Å². The molecule has 0 fully saturated rings. The second-order valence-corrected chi connectivity index (χ2v) is 4.20. The van der Waals surface area contributed by atoms with Crippen LogP contribution in [0.1, 0.15) is 16.1 Å². The maximum absolute atomic E-state index is 12.4. The van der Waals surface area contributed by atoms with Crippen molar-refractivity contribution in [3.8, 4) is 0 Å². The van der Waals surface area contributed by atoms with E-state index in [9.17, 15) is 4.79 Å². The summed E-state index contributed by atoms with van der Waals surface area (Å²) < 4.78 is 1.19. The highest BCUT2D eigenvalue weighted by atomic mass is 16.2. The van der Waals surface area contributed by atoms with E-state index < -0.39 is 0 Å². The molecule has 0 atom stereocenters. The number of nitrogens with two attached hydrogens (primary N) is 1. The van der Waals surface area contributed by atoms with Crippen molar-refractivity contribution < 1.29 is 4.79 Å². The Labute approximate surface area is 105 Å². The molecule has 0 saturated heterocycles. The lowest BCUT2D eigenvalue weighted by atomic mass is 10.2. The van der Waals surface area contributed by atoms with Gasteiger partial charge >= 0.3 is 0 Å². The molecule has 0 aromatic carbocycles. The summed E-state index contributed by atoms with van der Waals surface area (Å²) in [6.07, 6.45) is 1.64. The number of carbonyl (C=O) groups is 1. The SMILES string of the molecule is Cc1cc(N)n(C(=O)c2cccnc2N(C)C)n1. The number of rotatable bonds is 2. The van der Waals surface area contributed by atoms with Gasteiger partial charge < -0.3 is 10.6 Å². The van der Waals surface area contributed by atoms with Gasteiger partial charge in [0.1, 0.15) is 11.6 Å². The molecule has 0 aliphatic rings. The van der Waals surface area contributed by atoms with Crippen molar-refractivity contribution in [2.45, 2.75) is 6.92 Å². The van der Waals surface area contributed by atoms with Gasteiger partial charge in [-0.25, -0.2) is 4.98 Å². The fourth-order valence-corrected chi connectivity index (χ4v) is 1.72. The summed E-state index contributed by atoms with van der Waals surface area (Å²) in [4.78, 5) is 18.3. The molecule has 2 aromatic heterocycles. The van der Waals surface area contributed by atoms with Gasteiger partial charge in [0.15, 0.2) is 0 Å². The molecule has 6 heteroatoms. The number of carbonyl (C=O) groups excluding carboxylic acids is 1. The predicted octanol–water partition coefficient (Wildman–Crippen LogP) is 0.923. The summed E-state index contributed by atoms with van der Waals surface area (Å²) in [6.45, 7) is 1.79. The number of hydrogen-bond acceptors (Lipinski definition) is 5.